The van der Waals surface area contributed by atoms with Crippen LogP contribution in [0.1, 0.15) is 30.9 Å². The summed E-state index contributed by atoms with van der Waals surface area (Å²) < 4.78 is 23.8. The van der Waals surface area contributed by atoms with Crippen LogP contribution in [0.3, 0.4) is 0 Å². The van der Waals surface area contributed by atoms with Crippen LogP contribution in [0.25, 0.3) is 0 Å². The van der Waals surface area contributed by atoms with Crippen molar-refractivity contribution >= 4 is 17.5 Å². The molecule has 0 bridgehead atoms. The Hall–Kier alpha value is -2.31. The van der Waals surface area contributed by atoms with Crippen molar-refractivity contribution in [1.29, 1.82) is 0 Å². The smallest absolute Gasteiger partial charge is 0.258 e. The molecular formula is C22H26ClFN2O3. The first-order chi connectivity index (χ1) is 14.1. The highest BCUT2D eigenvalue weighted by Gasteiger charge is 2.23. The molecule has 1 aliphatic rings. The monoisotopic (exact) mass is 420 g/mol. The van der Waals surface area contributed by atoms with Crippen molar-refractivity contribution in [1.82, 2.24) is 10.2 Å². The minimum absolute atomic E-state index is 0.0829. The molecule has 1 aliphatic heterocycles. The van der Waals surface area contributed by atoms with Gasteiger partial charge in [-0.2, -0.15) is 0 Å². The van der Waals surface area contributed by atoms with Crippen LogP contribution in [0.5, 0.6) is 11.5 Å². The predicted octanol–water partition coefficient (Wildman–Crippen LogP) is 4.21. The predicted molar refractivity (Wildman–Crippen MR) is 111 cm³/mol. The summed E-state index contributed by atoms with van der Waals surface area (Å²) in [6.07, 6.45) is 3.56. The molecule has 2 aromatic carbocycles. The molecule has 1 N–H and O–H groups in total. The minimum atomic E-state index is -0.448. The Kier molecular flexibility index (Phi) is 7.72. The van der Waals surface area contributed by atoms with E-state index in [2.05, 4.69) is 10.2 Å². The minimum Gasteiger partial charge on any atom is -0.497 e. The maximum absolute atomic E-state index is 13.1. The van der Waals surface area contributed by atoms with Gasteiger partial charge in [-0.15, -0.1) is 0 Å². The summed E-state index contributed by atoms with van der Waals surface area (Å²) in [5, 5.41) is 3.10. The standard InChI is InChI=1S/C22H26ClFN2O3/c1-28-18-8-5-16(6-9-18)20(26-11-3-2-4-12-26)14-25-22(27)15-29-21-10-7-17(24)13-19(21)23/h5-10,13,20H,2-4,11-12,14-15H2,1H3,(H,25,27)/t20-/m1/s1. The van der Waals surface area contributed by atoms with Gasteiger partial charge in [0.1, 0.15) is 17.3 Å². The number of nitrogens with one attached hydrogen (secondary N) is 1. The van der Waals surface area contributed by atoms with Crippen molar-refractivity contribution in [2.24, 2.45) is 0 Å². The summed E-state index contributed by atoms with van der Waals surface area (Å²) in [5.74, 6) is 0.391. The molecule has 2 aromatic rings. The number of hydrogen-bond donors (Lipinski definition) is 1. The summed E-state index contributed by atoms with van der Waals surface area (Å²) in [5.41, 5.74) is 1.13. The molecule has 156 valence electrons. The first-order valence-corrected chi connectivity index (χ1v) is 10.2. The van der Waals surface area contributed by atoms with Crippen LogP contribution >= 0.6 is 11.6 Å². The summed E-state index contributed by atoms with van der Waals surface area (Å²) in [4.78, 5) is 14.7. The lowest BCUT2D eigenvalue weighted by atomic mass is 10.0. The molecule has 3 rings (SSSR count). The molecule has 7 heteroatoms. The molecule has 0 radical (unpaired) electrons. The fourth-order valence-electron chi connectivity index (χ4n) is 3.51. The fourth-order valence-corrected chi connectivity index (χ4v) is 3.73. The zero-order valence-corrected chi connectivity index (χ0v) is 17.3. The zero-order valence-electron chi connectivity index (χ0n) is 16.5. The summed E-state index contributed by atoms with van der Waals surface area (Å²) in [7, 11) is 1.64. The molecule has 29 heavy (non-hydrogen) atoms. The van der Waals surface area contributed by atoms with Crippen LogP contribution in [0, 0.1) is 5.82 Å². The number of halogens is 2. The van der Waals surface area contributed by atoms with Gasteiger partial charge in [0, 0.05) is 6.54 Å². The lowest BCUT2D eigenvalue weighted by Gasteiger charge is -2.35. The Morgan fingerprint density at radius 1 is 1.17 bits per heavy atom. The van der Waals surface area contributed by atoms with Crippen LogP contribution in [-0.2, 0) is 4.79 Å². The van der Waals surface area contributed by atoms with Crippen molar-refractivity contribution in [3.63, 3.8) is 0 Å². The second-order valence-electron chi connectivity index (χ2n) is 7.05. The molecule has 0 spiro atoms. The Morgan fingerprint density at radius 2 is 1.90 bits per heavy atom. The lowest BCUT2D eigenvalue weighted by Crippen LogP contribution is -2.41. The van der Waals surface area contributed by atoms with Crippen molar-refractivity contribution in [2.45, 2.75) is 25.3 Å². The van der Waals surface area contributed by atoms with Crippen molar-refractivity contribution in [2.75, 3.05) is 33.4 Å². The van der Waals surface area contributed by atoms with E-state index < -0.39 is 5.82 Å². The Morgan fingerprint density at radius 3 is 2.55 bits per heavy atom. The Balaban J connectivity index is 1.60. The lowest BCUT2D eigenvalue weighted by molar-refractivity contribution is -0.123. The van der Waals surface area contributed by atoms with E-state index in [1.165, 1.54) is 18.6 Å². The van der Waals surface area contributed by atoms with Crippen LogP contribution < -0.4 is 14.8 Å². The largest absolute Gasteiger partial charge is 0.497 e. The maximum atomic E-state index is 13.1. The number of carbonyl (C=O) groups is 1. The fraction of sp³-hybridized carbons (Fsp3) is 0.409. The van der Waals surface area contributed by atoms with Crippen molar-refractivity contribution in [3.8, 4) is 11.5 Å². The molecule has 0 aliphatic carbocycles. The van der Waals surface area contributed by atoms with E-state index in [-0.39, 0.29) is 29.3 Å². The van der Waals surface area contributed by atoms with Gasteiger partial charge in [-0.05, 0) is 61.8 Å². The summed E-state index contributed by atoms with van der Waals surface area (Å²) in [6.45, 7) is 2.31. The number of rotatable bonds is 8. The third kappa shape index (κ3) is 6.08. The SMILES string of the molecule is COc1ccc([C@@H](CNC(=O)COc2ccc(F)cc2Cl)N2CCCCC2)cc1. The van der Waals surface area contributed by atoms with E-state index in [1.54, 1.807) is 7.11 Å². The van der Waals surface area contributed by atoms with Gasteiger partial charge < -0.3 is 14.8 Å². The van der Waals surface area contributed by atoms with Gasteiger partial charge in [0.15, 0.2) is 6.61 Å². The number of amides is 1. The first kappa shape index (κ1) is 21.4. The van der Waals surface area contributed by atoms with Crippen molar-refractivity contribution in [3.05, 3.63) is 58.9 Å². The highest BCUT2D eigenvalue weighted by molar-refractivity contribution is 6.32. The highest BCUT2D eigenvalue weighted by Crippen LogP contribution is 2.26. The zero-order chi connectivity index (χ0) is 20.6. The third-order valence-electron chi connectivity index (χ3n) is 5.08. The normalized spacial score (nSPS) is 15.6. The molecule has 1 amide bonds. The molecule has 1 heterocycles. The Labute approximate surface area is 175 Å². The number of hydrogen-bond acceptors (Lipinski definition) is 4. The number of methoxy groups -OCH3 is 1. The van der Waals surface area contributed by atoms with E-state index in [0.717, 1.165) is 43.3 Å². The van der Waals surface area contributed by atoms with Gasteiger partial charge in [0.2, 0.25) is 0 Å². The van der Waals surface area contributed by atoms with E-state index in [4.69, 9.17) is 21.1 Å². The summed E-state index contributed by atoms with van der Waals surface area (Å²) in [6, 6.07) is 11.9. The average molecular weight is 421 g/mol. The second kappa shape index (κ2) is 10.5. The van der Waals surface area contributed by atoms with Gasteiger partial charge in [-0.3, -0.25) is 9.69 Å². The van der Waals surface area contributed by atoms with Crippen LogP contribution in [-0.4, -0.2) is 44.2 Å². The van der Waals surface area contributed by atoms with Crippen LogP contribution in [0.15, 0.2) is 42.5 Å². The van der Waals surface area contributed by atoms with Gasteiger partial charge in [-0.25, -0.2) is 4.39 Å². The molecule has 1 fully saturated rings. The quantitative estimate of drug-likeness (QED) is 0.695. The number of piperidine rings is 1. The highest BCUT2D eigenvalue weighted by atomic mass is 35.5. The number of carbonyl (C=O) groups excluding carboxylic acids is 1. The molecule has 0 unspecified atom stereocenters. The van der Waals surface area contributed by atoms with E-state index >= 15 is 0 Å². The first-order valence-electron chi connectivity index (χ1n) is 9.79. The molecule has 5 nitrogen and oxygen atoms in total. The van der Waals surface area contributed by atoms with E-state index in [0.29, 0.717) is 6.54 Å². The number of ether oxygens (including phenoxy) is 2. The number of likely N-dealkylation sites (tertiary alicyclic amines) is 1. The number of benzene rings is 2. The summed E-state index contributed by atoms with van der Waals surface area (Å²) >= 11 is 5.93. The molecule has 0 saturated carbocycles. The van der Waals surface area contributed by atoms with Gasteiger partial charge >= 0.3 is 0 Å². The van der Waals surface area contributed by atoms with E-state index in [9.17, 15) is 9.18 Å². The van der Waals surface area contributed by atoms with Gasteiger partial charge in [-0.1, -0.05) is 30.2 Å². The maximum Gasteiger partial charge on any atom is 0.258 e. The van der Waals surface area contributed by atoms with E-state index in [1.807, 2.05) is 24.3 Å². The Bertz CT molecular complexity index is 810. The van der Waals surface area contributed by atoms with Gasteiger partial charge in [0.05, 0.1) is 18.2 Å². The topological polar surface area (TPSA) is 50.8 Å². The third-order valence-corrected chi connectivity index (χ3v) is 5.37. The van der Waals surface area contributed by atoms with Crippen LogP contribution in [0.4, 0.5) is 4.39 Å². The second-order valence-corrected chi connectivity index (χ2v) is 7.46. The average Bonchev–Trinajstić information content (AvgIpc) is 2.74. The molecule has 1 saturated heterocycles. The number of nitrogens with zero attached hydrogens (tertiary/aromatic N) is 1. The van der Waals surface area contributed by atoms with Crippen LogP contribution in [0.2, 0.25) is 5.02 Å². The molecule has 1 atom stereocenters. The van der Waals surface area contributed by atoms with Gasteiger partial charge in [0.25, 0.3) is 5.91 Å². The molecular weight excluding hydrogens is 395 g/mol. The molecule has 0 aromatic heterocycles. The van der Waals surface area contributed by atoms with Crippen molar-refractivity contribution < 1.29 is 18.7 Å².